The number of hydrogen-bond donors (Lipinski definition) is 0. The molecule has 53 heavy (non-hydrogen) atoms. The molecule has 258 valence electrons. The first-order chi connectivity index (χ1) is 26.2. The van der Waals surface area contributed by atoms with E-state index in [4.69, 9.17) is 0 Å². The summed E-state index contributed by atoms with van der Waals surface area (Å²) in [7, 11) is 0. The van der Waals surface area contributed by atoms with Crippen molar-refractivity contribution >= 4 is 48.6 Å². The van der Waals surface area contributed by atoms with Crippen molar-refractivity contribution in [1.82, 2.24) is 0 Å². The van der Waals surface area contributed by atoms with Crippen LogP contribution in [0.4, 0.5) is 17.1 Å². The minimum atomic E-state index is 0.132. The SMILES string of the molecule is c1ccc2c(c1)-c1ccc(N(c3ccc4c(c3)C3(c5ccccc5-4)C4CC5CC(C4)CC3C5)c3ccc4c(c3)sc3ccccc34)cc1C21CCCC1. The third-order valence-electron chi connectivity index (χ3n) is 15.4. The Balaban J connectivity index is 1.04. The molecule has 0 unspecified atom stereocenters. The van der Waals surface area contributed by atoms with Crippen molar-refractivity contribution in [3.63, 3.8) is 0 Å². The zero-order valence-corrected chi connectivity index (χ0v) is 31.0. The summed E-state index contributed by atoms with van der Waals surface area (Å²) in [5, 5.41) is 2.73. The van der Waals surface area contributed by atoms with Crippen LogP contribution in [0.2, 0.25) is 0 Å². The number of nitrogens with zero attached hydrogens (tertiary/aromatic N) is 1. The molecule has 5 saturated carbocycles. The monoisotopic (exact) mass is 701 g/mol. The molecule has 5 fully saturated rings. The Labute approximate surface area is 316 Å². The van der Waals surface area contributed by atoms with Gasteiger partial charge in [0.25, 0.3) is 0 Å². The molecule has 0 atom stereocenters. The zero-order chi connectivity index (χ0) is 34.5. The number of hydrogen-bond acceptors (Lipinski definition) is 2. The van der Waals surface area contributed by atoms with E-state index in [-0.39, 0.29) is 10.8 Å². The van der Waals surface area contributed by atoms with E-state index >= 15 is 0 Å². The minimum Gasteiger partial charge on any atom is -0.310 e. The summed E-state index contributed by atoms with van der Waals surface area (Å²) in [6.45, 7) is 0. The van der Waals surface area contributed by atoms with Crippen LogP contribution in [0.5, 0.6) is 0 Å². The van der Waals surface area contributed by atoms with Gasteiger partial charge in [0, 0.05) is 48.1 Å². The fourth-order valence-electron chi connectivity index (χ4n) is 13.7. The summed E-state index contributed by atoms with van der Waals surface area (Å²) in [5.74, 6) is 3.37. The molecule has 0 saturated heterocycles. The van der Waals surface area contributed by atoms with Crippen LogP contribution < -0.4 is 4.90 Å². The number of anilines is 3. The molecule has 7 aromatic rings. The van der Waals surface area contributed by atoms with Crippen LogP contribution in [0.3, 0.4) is 0 Å². The molecular weight excluding hydrogens is 659 g/mol. The summed E-state index contributed by atoms with van der Waals surface area (Å²) in [4.78, 5) is 2.63. The van der Waals surface area contributed by atoms with Gasteiger partial charge in [-0.1, -0.05) is 97.8 Å². The van der Waals surface area contributed by atoms with Crippen molar-refractivity contribution < 1.29 is 0 Å². The van der Waals surface area contributed by atoms with Gasteiger partial charge in [-0.15, -0.1) is 11.3 Å². The van der Waals surface area contributed by atoms with E-state index in [9.17, 15) is 0 Å². The molecule has 7 aliphatic carbocycles. The highest BCUT2D eigenvalue weighted by Gasteiger charge is 2.61. The minimum absolute atomic E-state index is 0.132. The first-order valence-electron chi connectivity index (χ1n) is 20.4. The molecule has 14 rings (SSSR count). The topological polar surface area (TPSA) is 3.24 Å². The number of rotatable bonds is 3. The van der Waals surface area contributed by atoms with E-state index in [2.05, 4.69) is 132 Å². The predicted octanol–water partition coefficient (Wildman–Crippen LogP) is 14.1. The molecule has 0 radical (unpaired) electrons. The molecule has 4 bridgehead atoms. The van der Waals surface area contributed by atoms with Gasteiger partial charge in [-0.2, -0.15) is 0 Å². The highest BCUT2D eigenvalue weighted by molar-refractivity contribution is 7.25. The van der Waals surface area contributed by atoms with Crippen LogP contribution in [0.15, 0.2) is 127 Å². The van der Waals surface area contributed by atoms with Gasteiger partial charge in [-0.3, -0.25) is 0 Å². The highest BCUT2D eigenvalue weighted by atomic mass is 32.1. The van der Waals surface area contributed by atoms with Gasteiger partial charge < -0.3 is 4.90 Å². The molecule has 0 aliphatic heterocycles. The summed E-state index contributed by atoms with van der Waals surface area (Å²) in [5.41, 5.74) is 16.4. The molecule has 1 heterocycles. The second-order valence-corrected chi connectivity index (χ2v) is 18.7. The Morgan fingerprint density at radius 1 is 0.453 bits per heavy atom. The Hall–Kier alpha value is -4.66. The quantitative estimate of drug-likeness (QED) is 0.177. The Morgan fingerprint density at radius 3 is 1.75 bits per heavy atom. The average Bonchev–Trinajstić information content (AvgIpc) is 3.96. The van der Waals surface area contributed by atoms with Crippen molar-refractivity contribution in [3.05, 3.63) is 150 Å². The van der Waals surface area contributed by atoms with E-state index in [1.54, 1.807) is 22.3 Å². The molecule has 0 N–H and O–H groups in total. The van der Waals surface area contributed by atoms with Crippen LogP contribution in [0, 0.1) is 23.7 Å². The fourth-order valence-corrected chi connectivity index (χ4v) is 14.8. The fraction of sp³-hybridized carbons (Fsp3) is 0.294. The van der Waals surface area contributed by atoms with Gasteiger partial charge in [-0.05, 0) is 156 Å². The predicted molar refractivity (Wildman–Crippen MR) is 222 cm³/mol. The first-order valence-corrected chi connectivity index (χ1v) is 21.2. The molecule has 2 heteroatoms. The maximum Gasteiger partial charge on any atom is 0.0476 e. The maximum atomic E-state index is 2.68. The standard InChI is InChI=1S/C51H43NS/c1-4-12-44-38(9-1)40-18-15-35(28-46(40)50(44)21-7-8-22-50)52(37-17-20-43-42-11-3-6-14-48(42)53-49(43)30-37)36-16-19-41-39-10-2-5-13-45(39)51(47(41)29-36)33-24-31-23-32(26-33)27-34(51)25-31/h1-6,9-20,28-34H,7-8,21-27H2. The van der Waals surface area contributed by atoms with E-state index < -0.39 is 0 Å². The van der Waals surface area contributed by atoms with Gasteiger partial charge in [0.1, 0.15) is 0 Å². The van der Waals surface area contributed by atoms with Crippen molar-refractivity contribution in [2.45, 2.75) is 68.6 Å². The van der Waals surface area contributed by atoms with Gasteiger partial charge in [0.15, 0.2) is 0 Å². The highest BCUT2D eigenvalue weighted by Crippen LogP contribution is 2.70. The lowest BCUT2D eigenvalue weighted by atomic mass is 9.43. The lowest BCUT2D eigenvalue weighted by Crippen LogP contribution is -2.55. The molecule has 7 aliphatic rings. The lowest BCUT2D eigenvalue weighted by Gasteiger charge is -2.61. The molecule has 0 amide bonds. The van der Waals surface area contributed by atoms with Crippen molar-refractivity contribution in [2.24, 2.45) is 23.7 Å². The summed E-state index contributed by atoms with van der Waals surface area (Å²) >= 11 is 1.93. The number of thiophene rings is 1. The first kappa shape index (κ1) is 29.8. The summed E-state index contributed by atoms with van der Waals surface area (Å²) in [6.07, 6.45) is 12.2. The second kappa shape index (κ2) is 10.5. The van der Waals surface area contributed by atoms with Gasteiger partial charge in [0.2, 0.25) is 0 Å². The van der Waals surface area contributed by atoms with Crippen LogP contribution in [0.1, 0.15) is 80.0 Å². The van der Waals surface area contributed by atoms with E-state index in [1.807, 2.05) is 11.3 Å². The normalized spacial score (nSPS) is 26.4. The van der Waals surface area contributed by atoms with E-state index in [0.717, 1.165) is 23.7 Å². The maximum absolute atomic E-state index is 2.68. The molecular formula is C51H43NS. The van der Waals surface area contributed by atoms with Crippen LogP contribution >= 0.6 is 11.3 Å². The summed E-state index contributed by atoms with van der Waals surface area (Å²) in [6, 6.07) is 50.2. The number of fused-ring (bicyclic) bond motifs is 11. The Morgan fingerprint density at radius 2 is 1.00 bits per heavy atom. The summed E-state index contributed by atoms with van der Waals surface area (Å²) < 4.78 is 2.73. The van der Waals surface area contributed by atoms with Crippen molar-refractivity contribution in [3.8, 4) is 22.3 Å². The van der Waals surface area contributed by atoms with Crippen LogP contribution in [-0.4, -0.2) is 0 Å². The van der Waals surface area contributed by atoms with Gasteiger partial charge in [0.05, 0.1) is 0 Å². The lowest BCUT2D eigenvalue weighted by molar-refractivity contribution is -0.0399. The molecule has 1 aromatic heterocycles. The number of benzene rings is 6. The Kier molecular flexibility index (Phi) is 5.90. The van der Waals surface area contributed by atoms with Crippen LogP contribution in [-0.2, 0) is 10.8 Å². The van der Waals surface area contributed by atoms with E-state index in [1.165, 1.54) is 117 Å². The molecule has 2 spiro atoms. The largest absolute Gasteiger partial charge is 0.310 e. The molecule has 1 nitrogen and oxygen atoms in total. The van der Waals surface area contributed by atoms with Gasteiger partial charge >= 0.3 is 0 Å². The zero-order valence-electron chi connectivity index (χ0n) is 30.2. The Bertz CT molecular complexity index is 2640. The van der Waals surface area contributed by atoms with Crippen molar-refractivity contribution in [2.75, 3.05) is 4.90 Å². The third kappa shape index (κ3) is 3.79. The van der Waals surface area contributed by atoms with Crippen molar-refractivity contribution in [1.29, 1.82) is 0 Å². The second-order valence-electron chi connectivity index (χ2n) is 17.6. The smallest absolute Gasteiger partial charge is 0.0476 e. The van der Waals surface area contributed by atoms with E-state index in [0.29, 0.717) is 0 Å². The third-order valence-corrected chi connectivity index (χ3v) is 16.5. The average molecular weight is 702 g/mol. The van der Waals surface area contributed by atoms with Crippen LogP contribution in [0.25, 0.3) is 42.4 Å². The molecule has 6 aromatic carbocycles. The van der Waals surface area contributed by atoms with Gasteiger partial charge in [-0.25, -0.2) is 0 Å².